The summed E-state index contributed by atoms with van der Waals surface area (Å²) in [5.74, 6) is 0. The van der Waals surface area contributed by atoms with Gasteiger partial charge in [0.05, 0.1) is 0 Å². The number of hydrogen-bond donors (Lipinski definition) is 0. The molecule has 0 N–H and O–H groups in total. The molecule has 1 heterocycles. The molecule has 0 atom stereocenters. The molecule has 2 nitrogen and oxygen atoms in total. The summed E-state index contributed by atoms with van der Waals surface area (Å²) in [6.07, 6.45) is 3.92. The Morgan fingerprint density at radius 2 is 2.25 bits per heavy atom. The molecule has 0 unspecified atom stereocenters. The molecule has 82 valence electrons. The Labute approximate surface area is 95.2 Å². The summed E-state index contributed by atoms with van der Waals surface area (Å²) in [6, 6.07) is 7.81. The van der Waals surface area contributed by atoms with Crippen molar-refractivity contribution in [2.75, 3.05) is 0 Å². The highest BCUT2D eigenvalue weighted by Gasteiger charge is 2.01. The molecule has 0 fully saturated rings. The fourth-order valence-electron chi connectivity index (χ4n) is 1.80. The van der Waals surface area contributed by atoms with Crippen molar-refractivity contribution in [2.45, 2.75) is 19.9 Å². The lowest BCUT2D eigenvalue weighted by Gasteiger charge is -2.05. The number of aromatic nitrogens is 1. The number of carbonyl (C=O) groups excluding carboxylic acids is 1. The second-order valence-corrected chi connectivity index (χ2v) is 4.15. The van der Waals surface area contributed by atoms with Gasteiger partial charge in [0.1, 0.15) is 6.29 Å². The van der Waals surface area contributed by atoms with E-state index in [2.05, 4.69) is 17.3 Å². The number of fused-ring (bicyclic) bond motifs is 1. The Bertz CT molecular complexity index is 537. The van der Waals surface area contributed by atoms with Crippen LogP contribution in [0.1, 0.15) is 23.7 Å². The fraction of sp³-hybridized carbons (Fsp3) is 0.214. The SMILES string of the molecule is C=C(C)CCn1ccc2cc(C=O)ccc21. The first-order chi connectivity index (χ1) is 7.70. The van der Waals surface area contributed by atoms with E-state index in [9.17, 15) is 4.79 Å². The average molecular weight is 213 g/mol. The van der Waals surface area contributed by atoms with Crippen LogP contribution in [0, 0.1) is 0 Å². The van der Waals surface area contributed by atoms with Crippen LogP contribution in [-0.2, 0) is 6.54 Å². The second-order valence-electron chi connectivity index (χ2n) is 4.15. The highest BCUT2D eigenvalue weighted by Crippen LogP contribution is 2.18. The van der Waals surface area contributed by atoms with Gasteiger partial charge in [-0.2, -0.15) is 0 Å². The zero-order chi connectivity index (χ0) is 11.5. The van der Waals surface area contributed by atoms with E-state index in [1.165, 1.54) is 11.1 Å². The molecule has 0 aliphatic rings. The first-order valence-corrected chi connectivity index (χ1v) is 5.39. The van der Waals surface area contributed by atoms with Gasteiger partial charge >= 0.3 is 0 Å². The molecule has 0 radical (unpaired) electrons. The van der Waals surface area contributed by atoms with Crippen LogP contribution in [0.3, 0.4) is 0 Å². The van der Waals surface area contributed by atoms with Gasteiger partial charge in [0, 0.05) is 29.2 Å². The minimum atomic E-state index is 0.727. The molecule has 0 amide bonds. The first-order valence-electron chi connectivity index (χ1n) is 5.39. The van der Waals surface area contributed by atoms with Gasteiger partial charge < -0.3 is 4.57 Å². The van der Waals surface area contributed by atoms with E-state index < -0.39 is 0 Å². The zero-order valence-electron chi connectivity index (χ0n) is 9.44. The van der Waals surface area contributed by atoms with E-state index in [4.69, 9.17) is 0 Å². The number of aryl methyl sites for hydroxylation is 1. The molecule has 1 aromatic heterocycles. The molecule has 0 saturated heterocycles. The van der Waals surface area contributed by atoms with Gasteiger partial charge in [-0.3, -0.25) is 4.79 Å². The maximum Gasteiger partial charge on any atom is 0.150 e. The molecular weight excluding hydrogens is 198 g/mol. The van der Waals surface area contributed by atoms with E-state index in [0.29, 0.717) is 0 Å². The summed E-state index contributed by atoms with van der Waals surface area (Å²) in [4.78, 5) is 10.7. The van der Waals surface area contributed by atoms with Gasteiger partial charge in [-0.25, -0.2) is 0 Å². The Morgan fingerprint density at radius 3 is 2.94 bits per heavy atom. The molecular formula is C14H15NO. The standard InChI is InChI=1S/C14H15NO/c1-11(2)5-7-15-8-6-13-9-12(10-16)3-4-14(13)15/h3-4,6,8-10H,1,5,7H2,2H3. The summed E-state index contributed by atoms with van der Waals surface area (Å²) >= 11 is 0. The van der Waals surface area contributed by atoms with E-state index in [0.717, 1.165) is 30.2 Å². The van der Waals surface area contributed by atoms with Crippen LogP contribution >= 0.6 is 0 Å². The van der Waals surface area contributed by atoms with Gasteiger partial charge in [0.15, 0.2) is 0 Å². The second kappa shape index (κ2) is 4.35. The topological polar surface area (TPSA) is 22.0 Å². The predicted octanol–water partition coefficient (Wildman–Crippen LogP) is 3.42. The van der Waals surface area contributed by atoms with Crippen molar-refractivity contribution < 1.29 is 4.79 Å². The maximum absolute atomic E-state index is 10.7. The van der Waals surface area contributed by atoms with Crippen molar-refractivity contribution in [3.63, 3.8) is 0 Å². The Balaban J connectivity index is 2.34. The third-order valence-electron chi connectivity index (χ3n) is 2.71. The molecule has 2 aromatic rings. The van der Waals surface area contributed by atoms with Crippen molar-refractivity contribution in [2.24, 2.45) is 0 Å². The summed E-state index contributed by atoms with van der Waals surface area (Å²) in [6.45, 7) is 6.88. The third kappa shape index (κ3) is 2.06. The number of rotatable bonds is 4. The zero-order valence-corrected chi connectivity index (χ0v) is 9.44. The normalized spacial score (nSPS) is 10.6. The minimum absolute atomic E-state index is 0.727. The number of carbonyl (C=O) groups is 1. The number of nitrogens with zero attached hydrogens (tertiary/aromatic N) is 1. The minimum Gasteiger partial charge on any atom is -0.347 e. The summed E-state index contributed by atoms with van der Waals surface area (Å²) in [5, 5.41) is 1.12. The fourth-order valence-corrected chi connectivity index (χ4v) is 1.80. The molecule has 0 aliphatic carbocycles. The molecule has 0 aliphatic heterocycles. The Morgan fingerprint density at radius 1 is 1.44 bits per heavy atom. The van der Waals surface area contributed by atoms with Crippen molar-refractivity contribution >= 4 is 17.2 Å². The summed E-state index contributed by atoms with van der Waals surface area (Å²) in [5.41, 5.74) is 3.09. The number of benzene rings is 1. The molecule has 2 heteroatoms. The van der Waals surface area contributed by atoms with Crippen molar-refractivity contribution in [1.29, 1.82) is 0 Å². The lowest BCUT2D eigenvalue weighted by atomic mass is 10.2. The smallest absolute Gasteiger partial charge is 0.150 e. The van der Waals surface area contributed by atoms with Crippen LogP contribution in [0.2, 0.25) is 0 Å². The van der Waals surface area contributed by atoms with Crippen LogP contribution in [-0.4, -0.2) is 10.9 Å². The van der Waals surface area contributed by atoms with Crippen LogP contribution < -0.4 is 0 Å². The molecule has 16 heavy (non-hydrogen) atoms. The predicted molar refractivity (Wildman–Crippen MR) is 66.8 cm³/mol. The van der Waals surface area contributed by atoms with Crippen LogP contribution in [0.25, 0.3) is 10.9 Å². The van der Waals surface area contributed by atoms with Gasteiger partial charge in [-0.1, -0.05) is 5.57 Å². The van der Waals surface area contributed by atoms with Crippen molar-refractivity contribution in [3.05, 3.63) is 48.2 Å². The average Bonchev–Trinajstić information content (AvgIpc) is 2.68. The highest BCUT2D eigenvalue weighted by molar-refractivity contribution is 5.87. The Kier molecular flexibility index (Phi) is 2.91. The van der Waals surface area contributed by atoms with Gasteiger partial charge in [-0.15, -0.1) is 6.58 Å². The Hall–Kier alpha value is -1.83. The van der Waals surface area contributed by atoms with Crippen molar-refractivity contribution in [1.82, 2.24) is 4.57 Å². The maximum atomic E-state index is 10.7. The van der Waals surface area contributed by atoms with E-state index in [-0.39, 0.29) is 0 Å². The van der Waals surface area contributed by atoms with Crippen LogP contribution in [0.4, 0.5) is 0 Å². The monoisotopic (exact) mass is 213 g/mol. The largest absolute Gasteiger partial charge is 0.347 e. The molecule has 1 aromatic carbocycles. The van der Waals surface area contributed by atoms with Gasteiger partial charge in [0.2, 0.25) is 0 Å². The summed E-state index contributed by atoms with van der Waals surface area (Å²) < 4.78 is 2.19. The highest BCUT2D eigenvalue weighted by atomic mass is 16.1. The molecule has 0 spiro atoms. The van der Waals surface area contributed by atoms with E-state index in [1.807, 2.05) is 31.2 Å². The van der Waals surface area contributed by atoms with Crippen molar-refractivity contribution in [3.8, 4) is 0 Å². The lowest BCUT2D eigenvalue weighted by Crippen LogP contribution is -1.96. The quantitative estimate of drug-likeness (QED) is 0.563. The van der Waals surface area contributed by atoms with Crippen LogP contribution in [0.15, 0.2) is 42.6 Å². The van der Waals surface area contributed by atoms with E-state index in [1.54, 1.807) is 0 Å². The lowest BCUT2D eigenvalue weighted by molar-refractivity contribution is 0.112. The van der Waals surface area contributed by atoms with Gasteiger partial charge in [0.25, 0.3) is 0 Å². The first kappa shape index (κ1) is 10.7. The number of hydrogen-bond acceptors (Lipinski definition) is 1. The number of aldehydes is 1. The molecule has 0 bridgehead atoms. The van der Waals surface area contributed by atoms with E-state index >= 15 is 0 Å². The summed E-state index contributed by atoms with van der Waals surface area (Å²) in [7, 11) is 0. The van der Waals surface area contributed by atoms with Gasteiger partial charge in [-0.05, 0) is 37.6 Å². The molecule has 0 saturated carbocycles. The third-order valence-corrected chi connectivity index (χ3v) is 2.71. The number of allylic oxidation sites excluding steroid dienone is 1. The molecule has 2 rings (SSSR count). The van der Waals surface area contributed by atoms with Crippen LogP contribution in [0.5, 0.6) is 0 Å².